The van der Waals surface area contributed by atoms with Crippen LogP contribution in [0.3, 0.4) is 0 Å². The number of amides is 2. The Morgan fingerprint density at radius 2 is 1.81 bits per heavy atom. The number of piperidine rings is 1. The van der Waals surface area contributed by atoms with E-state index in [1.165, 1.54) is 6.42 Å². The largest absolute Gasteiger partial charge is 0.484 e. The number of anilines is 1. The Kier molecular flexibility index (Phi) is 11.0. The van der Waals surface area contributed by atoms with Gasteiger partial charge in [-0.2, -0.15) is 8.42 Å². The van der Waals surface area contributed by atoms with Crippen LogP contribution in [-0.2, 0) is 20.9 Å². The maximum Gasteiger partial charge on any atom is 0.320 e. The number of benzene rings is 2. The summed E-state index contributed by atoms with van der Waals surface area (Å²) in [6, 6.07) is 18.5. The molecular weight excluding hydrogens is 681 g/mol. The second kappa shape index (κ2) is 15.4. The Balaban J connectivity index is 1.17. The minimum Gasteiger partial charge on any atom is -0.484 e. The first-order valence-electron chi connectivity index (χ1n) is 17.8. The molecule has 2 aromatic carbocycles. The second-order valence-corrected chi connectivity index (χ2v) is 16.3. The molecule has 14 heteroatoms. The molecule has 3 unspecified atom stereocenters. The number of aromatic nitrogens is 3. The Labute approximate surface area is 305 Å². The number of pyridine rings is 1. The number of aliphatic imine (C=N–C) groups is 1. The molecule has 6 rings (SSSR count). The van der Waals surface area contributed by atoms with Crippen LogP contribution in [0.1, 0.15) is 95.1 Å². The molecule has 276 valence electrons. The molecule has 0 saturated carbocycles. The van der Waals surface area contributed by atoms with Crippen molar-refractivity contribution in [2.75, 3.05) is 17.7 Å². The van der Waals surface area contributed by atoms with E-state index in [0.29, 0.717) is 41.7 Å². The Bertz CT molecular complexity index is 2070. The highest BCUT2D eigenvalue weighted by Crippen LogP contribution is 2.39. The number of ether oxygens (including phenoxy) is 1. The highest BCUT2D eigenvalue weighted by atomic mass is 32.2. The number of urea groups is 1. The van der Waals surface area contributed by atoms with Crippen LogP contribution in [-0.4, -0.2) is 59.4 Å². The normalized spacial score (nSPS) is 19.6. The zero-order chi connectivity index (χ0) is 37.0. The molecule has 0 spiro atoms. The van der Waals surface area contributed by atoms with Crippen LogP contribution in [0.2, 0.25) is 0 Å². The monoisotopic (exact) mass is 728 g/mol. The number of carbonyl (C=O) groups is 1. The maximum atomic E-state index is 13.6. The van der Waals surface area contributed by atoms with Gasteiger partial charge < -0.3 is 20.4 Å². The highest BCUT2D eigenvalue weighted by molar-refractivity contribution is 7.85. The van der Waals surface area contributed by atoms with E-state index >= 15 is 0 Å². The molecule has 3 N–H and O–H groups in total. The van der Waals surface area contributed by atoms with Gasteiger partial charge in [-0.15, -0.1) is 10.2 Å². The molecule has 1 aliphatic heterocycles. The third-order valence-corrected chi connectivity index (χ3v) is 10.1. The van der Waals surface area contributed by atoms with Gasteiger partial charge in [-0.25, -0.2) is 9.79 Å². The van der Waals surface area contributed by atoms with Gasteiger partial charge in [0, 0.05) is 24.7 Å². The van der Waals surface area contributed by atoms with E-state index in [0.717, 1.165) is 54.1 Å². The molecule has 52 heavy (non-hydrogen) atoms. The van der Waals surface area contributed by atoms with Gasteiger partial charge in [-0.05, 0) is 85.4 Å². The third kappa shape index (κ3) is 9.15. The minimum absolute atomic E-state index is 0.118. The molecule has 2 aliphatic rings. The summed E-state index contributed by atoms with van der Waals surface area (Å²) < 4.78 is 36.6. The van der Waals surface area contributed by atoms with Crippen LogP contribution in [0.25, 0.3) is 5.65 Å². The zero-order valence-electron chi connectivity index (χ0n) is 30.4. The number of rotatable bonds is 10. The van der Waals surface area contributed by atoms with Gasteiger partial charge in [0.15, 0.2) is 5.65 Å². The lowest BCUT2D eigenvalue weighted by Gasteiger charge is -2.33. The summed E-state index contributed by atoms with van der Waals surface area (Å²) in [5.41, 5.74) is 3.81. The molecule has 1 fully saturated rings. The molecule has 2 aromatic heterocycles. The van der Waals surface area contributed by atoms with Crippen molar-refractivity contribution >= 4 is 45.0 Å². The van der Waals surface area contributed by atoms with E-state index in [1.807, 2.05) is 67.8 Å². The van der Waals surface area contributed by atoms with Gasteiger partial charge in [0.05, 0.1) is 30.8 Å². The summed E-state index contributed by atoms with van der Waals surface area (Å²) in [5.74, 6) is 1.85. The van der Waals surface area contributed by atoms with E-state index in [1.54, 1.807) is 24.3 Å². The summed E-state index contributed by atoms with van der Waals surface area (Å²) in [6.45, 7) is 8.86. The van der Waals surface area contributed by atoms with Gasteiger partial charge in [0.2, 0.25) is 5.95 Å². The number of nitrogens with one attached hydrogen (secondary N) is 3. The molecule has 13 nitrogen and oxygen atoms in total. The second-order valence-electron chi connectivity index (χ2n) is 14.7. The van der Waals surface area contributed by atoms with E-state index in [-0.39, 0.29) is 25.2 Å². The number of carbonyl (C=O) groups excluding carboxylic acids is 1. The van der Waals surface area contributed by atoms with Crippen LogP contribution in [0.15, 0.2) is 71.9 Å². The molecule has 1 aliphatic carbocycles. The van der Waals surface area contributed by atoms with Crippen molar-refractivity contribution in [3.05, 3.63) is 83.6 Å². The van der Waals surface area contributed by atoms with Gasteiger partial charge in [-0.3, -0.25) is 13.9 Å². The van der Waals surface area contributed by atoms with Crippen LogP contribution in [0.4, 0.5) is 16.4 Å². The summed E-state index contributed by atoms with van der Waals surface area (Å²) in [5, 5.41) is 23.6. The lowest BCUT2D eigenvalue weighted by molar-refractivity contribution is 0.171. The van der Waals surface area contributed by atoms with Gasteiger partial charge in [0.1, 0.15) is 17.7 Å². The maximum absolute atomic E-state index is 13.6. The smallest absolute Gasteiger partial charge is 0.320 e. The summed E-state index contributed by atoms with van der Waals surface area (Å²) in [6.07, 6.45) is 7.68. The standard InChI is InChI=1S/C38H48N8O5S/c1-25-11-8-9-20-45(25)37-44-43-35-19-16-28(23-46(35)37)51-32-18-17-31(29-14-6-7-15-30(29)32)41-36(47)42-34(22-33(39)38(2,3)4)40-27-13-10-12-26(21-27)24-50-52(5,48)49/h6-7,10,12-16,19,21,23,25,31-32,39H,8-9,11,17-18,20,22,24H2,1-5H3,(H2,40,41,42,47). The summed E-state index contributed by atoms with van der Waals surface area (Å²) >= 11 is 0. The predicted octanol–water partition coefficient (Wildman–Crippen LogP) is 7.02. The van der Waals surface area contributed by atoms with Crippen molar-refractivity contribution in [3.63, 3.8) is 0 Å². The average molecular weight is 729 g/mol. The number of amidine groups is 1. The van der Waals surface area contributed by atoms with Crippen LogP contribution < -0.4 is 20.3 Å². The van der Waals surface area contributed by atoms with Gasteiger partial charge in [-0.1, -0.05) is 57.2 Å². The van der Waals surface area contributed by atoms with E-state index in [9.17, 15) is 13.2 Å². The van der Waals surface area contributed by atoms with Crippen molar-refractivity contribution in [1.29, 1.82) is 5.41 Å². The van der Waals surface area contributed by atoms with E-state index < -0.39 is 21.6 Å². The average Bonchev–Trinajstić information content (AvgIpc) is 3.51. The fourth-order valence-corrected chi connectivity index (χ4v) is 6.97. The molecule has 3 atom stereocenters. The molecule has 1 saturated heterocycles. The fourth-order valence-electron chi connectivity index (χ4n) is 6.62. The first-order chi connectivity index (χ1) is 24.7. The van der Waals surface area contributed by atoms with E-state index in [2.05, 4.69) is 37.6 Å². The number of fused-ring (bicyclic) bond motifs is 2. The molecule has 2 amide bonds. The first-order valence-corrected chi connectivity index (χ1v) is 19.6. The van der Waals surface area contributed by atoms with Crippen molar-refractivity contribution < 1.29 is 22.1 Å². The van der Waals surface area contributed by atoms with Gasteiger partial charge >= 0.3 is 6.03 Å². The van der Waals surface area contributed by atoms with Crippen molar-refractivity contribution in [2.24, 2.45) is 10.4 Å². The predicted molar refractivity (Wildman–Crippen MR) is 202 cm³/mol. The Morgan fingerprint density at radius 3 is 2.56 bits per heavy atom. The molecule has 0 bridgehead atoms. The Morgan fingerprint density at radius 1 is 1.02 bits per heavy atom. The van der Waals surface area contributed by atoms with Crippen molar-refractivity contribution in [2.45, 2.75) is 91.0 Å². The fraction of sp³-hybridized carbons (Fsp3) is 0.447. The van der Waals surface area contributed by atoms with Crippen LogP contribution >= 0.6 is 0 Å². The zero-order valence-corrected chi connectivity index (χ0v) is 31.2. The van der Waals surface area contributed by atoms with Crippen molar-refractivity contribution in [1.82, 2.24) is 25.2 Å². The third-order valence-electron chi connectivity index (χ3n) is 9.56. The molecule has 4 aromatic rings. The lowest BCUT2D eigenvalue weighted by atomic mass is 9.85. The Hall–Kier alpha value is -4.82. The number of hydrogen-bond acceptors (Lipinski definition) is 10. The SMILES string of the molecule is CC1CCCCN1c1nnc2ccc(OC3CCC(NC(=O)NC(CC(=N)C(C)(C)C)=Nc4cccc(COS(C)(=O)=O)c4)c4ccccc43)cn12. The van der Waals surface area contributed by atoms with Crippen molar-refractivity contribution in [3.8, 4) is 5.75 Å². The van der Waals surface area contributed by atoms with Crippen LogP contribution in [0, 0.1) is 10.8 Å². The number of nitrogens with zero attached hydrogens (tertiary/aromatic N) is 5. The van der Waals surface area contributed by atoms with Gasteiger partial charge in [0.25, 0.3) is 10.1 Å². The topological polar surface area (TPSA) is 163 Å². The molecule has 0 radical (unpaired) electrons. The van der Waals surface area contributed by atoms with Crippen LogP contribution in [0.5, 0.6) is 5.75 Å². The summed E-state index contributed by atoms with van der Waals surface area (Å²) in [4.78, 5) is 20.6. The number of hydrogen-bond donors (Lipinski definition) is 3. The highest BCUT2D eigenvalue weighted by Gasteiger charge is 2.30. The summed E-state index contributed by atoms with van der Waals surface area (Å²) in [7, 11) is -3.62. The minimum atomic E-state index is -3.62. The quantitative estimate of drug-likeness (QED) is 0.0891. The first kappa shape index (κ1) is 37.0. The molecular formula is C38H48N8O5S. The lowest BCUT2D eigenvalue weighted by Crippen LogP contribution is -2.43. The van der Waals surface area contributed by atoms with E-state index in [4.69, 9.17) is 14.3 Å². The molecule has 3 heterocycles.